The highest BCUT2D eigenvalue weighted by molar-refractivity contribution is 7.13. The molecule has 4 rings (SSSR count). The Morgan fingerprint density at radius 1 is 1.17 bits per heavy atom. The minimum absolute atomic E-state index is 0.0386. The first-order valence-corrected chi connectivity index (χ1v) is 11.0. The fourth-order valence-corrected chi connectivity index (χ4v) is 4.45. The molecule has 0 spiro atoms. The molecule has 0 saturated carbocycles. The number of hydrogen-bond acceptors (Lipinski definition) is 5. The summed E-state index contributed by atoms with van der Waals surface area (Å²) < 4.78 is 0. The van der Waals surface area contributed by atoms with Crippen LogP contribution >= 0.6 is 11.3 Å². The van der Waals surface area contributed by atoms with E-state index in [4.69, 9.17) is 0 Å². The highest BCUT2D eigenvalue weighted by Crippen LogP contribution is 2.23. The Morgan fingerprint density at radius 3 is 2.70 bits per heavy atom. The molecule has 154 valence electrons. The predicted octanol–water partition coefficient (Wildman–Crippen LogP) is 3.48. The second kappa shape index (κ2) is 9.17. The van der Waals surface area contributed by atoms with Crippen LogP contribution < -0.4 is 5.32 Å². The van der Waals surface area contributed by atoms with Crippen molar-refractivity contribution in [3.8, 4) is 10.6 Å². The van der Waals surface area contributed by atoms with E-state index >= 15 is 0 Å². The average molecular weight is 421 g/mol. The van der Waals surface area contributed by atoms with E-state index in [1.807, 2.05) is 53.6 Å². The second-order valence-corrected chi connectivity index (χ2v) is 8.36. The van der Waals surface area contributed by atoms with Crippen molar-refractivity contribution in [2.24, 2.45) is 0 Å². The van der Waals surface area contributed by atoms with E-state index < -0.39 is 0 Å². The lowest BCUT2D eigenvalue weighted by molar-refractivity contribution is -0.131. The molecule has 0 bridgehead atoms. The molecule has 3 heterocycles. The molecular formula is C23H24N4O2S. The van der Waals surface area contributed by atoms with Crippen LogP contribution in [-0.4, -0.2) is 45.8 Å². The zero-order chi connectivity index (χ0) is 20.9. The molecule has 0 unspecified atom stereocenters. The molecule has 7 heteroatoms. The number of carbonyl (C=O) groups is 2. The third-order valence-electron chi connectivity index (χ3n) is 5.37. The van der Waals surface area contributed by atoms with Gasteiger partial charge in [0.15, 0.2) is 0 Å². The van der Waals surface area contributed by atoms with Gasteiger partial charge < -0.3 is 10.2 Å². The highest BCUT2D eigenvalue weighted by Gasteiger charge is 2.25. The molecule has 1 fully saturated rings. The van der Waals surface area contributed by atoms with E-state index in [0.29, 0.717) is 25.1 Å². The molecule has 1 N–H and O–H groups in total. The number of nitrogens with one attached hydrogen (secondary N) is 1. The number of nitrogens with zero attached hydrogens (tertiary/aromatic N) is 3. The van der Waals surface area contributed by atoms with Crippen molar-refractivity contribution in [3.63, 3.8) is 0 Å². The standard InChI is InChI=1S/C23H24N4O2S/c1-16-5-2-3-7-20(16)22(29)25-18-8-11-27(12-9-18)21(28)13-19-15-30-23(26-19)17-6-4-10-24-14-17/h2-7,10,14-15,18H,8-9,11-13H2,1H3,(H,25,29). The van der Waals surface area contributed by atoms with Gasteiger partial charge in [-0.25, -0.2) is 4.98 Å². The minimum Gasteiger partial charge on any atom is -0.349 e. The maximum atomic E-state index is 12.7. The molecule has 1 aromatic carbocycles. The monoisotopic (exact) mass is 420 g/mol. The summed E-state index contributed by atoms with van der Waals surface area (Å²) in [5, 5.41) is 5.93. The molecule has 1 aliphatic heterocycles. The molecule has 6 nitrogen and oxygen atoms in total. The maximum Gasteiger partial charge on any atom is 0.251 e. The number of benzene rings is 1. The van der Waals surface area contributed by atoms with Crippen molar-refractivity contribution in [2.75, 3.05) is 13.1 Å². The van der Waals surface area contributed by atoms with Crippen LogP contribution in [0.2, 0.25) is 0 Å². The van der Waals surface area contributed by atoms with Gasteiger partial charge >= 0.3 is 0 Å². The third kappa shape index (κ3) is 4.74. The third-order valence-corrected chi connectivity index (χ3v) is 6.31. The summed E-state index contributed by atoms with van der Waals surface area (Å²) in [6.45, 7) is 3.24. The number of rotatable bonds is 5. The van der Waals surface area contributed by atoms with E-state index in [1.54, 1.807) is 12.4 Å². The molecule has 30 heavy (non-hydrogen) atoms. The summed E-state index contributed by atoms with van der Waals surface area (Å²) in [5.41, 5.74) is 3.44. The van der Waals surface area contributed by atoms with Crippen LogP contribution in [0.15, 0.2) is 54.2 Å². The Bertz CT molecular complexity index is 1030. The van der Waals surface area contributed by atoms with Gasteiger partial charge in [0.1, 0.15) is 5.01 Å². The fraction of sp³-hybridized carbons (Fsp3) is 0.304. The molecule has 0 atom stereocenters. The van der Waals surface area contributed by atoms with Crippen molar-refractivity contribution in [1.82, 2.24) is 20.2 Å². The quantitative estimate of drug-likeness (QED) is 0.686. The molecule has 0 radical (unpaired) electrons. The molecule has 1 aliphatic rings. The number of thiazole rings is 1. The minimum atomic E-state index is -0.0386. The van der Waals surface area contributed by atoms with Gasteiger partial charge in [-0.3, -0.25) is 14.6 Å². The second-order valence-electron chi connectivity index (χ2n) is 7.51. The van der Waals surface area contributed by atoms with Gasteiger partial charge in [0.2, 0.25) is 5.91 Å². The molecule has 1 saturated heterocycles. The zero-order valence-electron chi connectivity index (χ0n) is 16.9. The van der Waals surface area contributed by atoms with Gasteiger partial charge in [-0.2, -0.15) is 0 Å². The Morgan fingerprint density at radius 2 is 1.97 bits per heavy atom. The van der Waals surface area contributed by atoms with Crippen molar-refractivity contribution in [3.05, 3.63) is 71.0 Å². The summed E-state index contributed by atoms with van der Waals surface area (Å²) in [6, 6.07) is 11.5. The highest BCUT2D eigenvalue weighted by atomic mass is 32.1. The topological polar surface area (TPSA) is 75.2 Å². The number of amides is 2. The SMILES string of the molecule is Cc1ccccc1C(=O)NC1CCN(C(=O)Cc2csc(-c3cccnc3)n2)CC1. The van der Waals surface area contributed by atoms with Crippen LogP contribution in [0, 0.1) is 6.92 Å². The lowest BCUT2D eigenvalue weighted by atomic mass is 10.0. The van der Waals surface area contributed by atoms with E-state index in [2.05, 4.69) is 15.3 Å². The van der Waals surface area contributed by atoms with E-state index in [9.17, 15) is 9.59 Å². The van der Waals surface area contributed by atoms with Crippen LogP contribution in [-0.2, 0) is 11.2 Å². The number of aromatic nitrogens is 2. The van der Waals surface area contributed by atoms with Crippen LogP contribution in [0.25, 0.3) is 10.6 Å². The Hall–Kier alpha value is -3.06. The molecule has 3 aromatic rings. The Balaban J connectivity index is 1.28. The van der Waals surface area contributed by atoms with Crippen molar-refractivity contribution < 1.29 is 9.59 Å². The molecular weight excluding hydrogens is 396 g/mol. The van der Waals surface area contributed by atoms with Crippen LogP contribution in [0.5, 0.6) is 0 Å². The lowest BCUT2D eigenvalue weighted by Crippen LogP contribution is -2.47. The first-order valence-electron chi connectivity index (χ1n) is 10.1. The van der Waals surface area contributed by atoms with Gasteiger partial charge in [-0.15, -0.1) is 11.3 Å². The number of pyridine rings is 1. The van der Waals surface area contributed by atoms with Gasteiger partial charge in [0, 0.05) is 48.0 Å². The van der Waals surface area contributed by atoms with Crippen LogP contribution in [0.1, 0.15) is 34.5 Å². The molecule has 2 amide bonds. The lowest BCUT2D eigenvalue weighted by Gasteiger charge is -2.32. The maximum absolute atomic E-state index is 12.7. The van der Waals surface area contributed by atoms with Crippen molar-refractivity contribution in [2.45, 2.75) is 32.2 Å². The van der Waals surface area contributed by atoms with Gasteiger partial charge in [0.05, 0.1) is 12.1 Å². The number of carbonyl (C=O) groups excluding carboxylic acids is 2. The van der Waals surface area contributed by atoms with Crippen molar-refractivity contribution in [1.29, 1.82) is 0 Å². The summed E-state index contributed by atoms with van der Waals surface area (Å²) in [6.07, 6.45) is 5.34. The van der Waals surface area contributed by atoms with E-state index in [0.717, 1.165) is 34.7 Å². The Kier molecular flexibility index (Phi) is 6.18. The predicted molar refractivity (Wildman–Crippen MR) is 117 cm³/mol. The van der Waals surface area contributed by atoms with Gasteiger partial charge in [0.25, 0.3) is 5.91 Å². The number of hydrogen-bond donors (Lipinski definition) is 1. The number of aryl methyl sites for hydroxylation is 1. The summed E-state index contributed by atoms with van der Waals surface area (Å²) in [7, 11) is 0. The van der Waals surface area contributed by atoms with E-state index in [1.165, 1.54) is 11.3 Å². The molecule has 2 aromatic heterocycles. The number of piperidine rings is 1. The zero-order valence-corrected chi connectivity index (χ0v) is 17.7. The smallest absolute Gasteiger partial charge is 0.251 e. The van der Waals surface area contributed by atoms with Crippen molar-refractivity contribution >= 4 is 23.2 Å². The van der Waals surface area contributed by atoms with Crippen LogP contribution in [0.3, 0.4) is 0 Å². The normalized spacial score (nSPS) is 14.5. The summed E-state index contributed by atoms with van der Waals surface area (Å²) in [5.74, 6) is 0.0463. The van der Waals surface area contributed by atoms with Gasteiger partial charge in [-0.05, 0) is 43.5 Å². The number of likely N-dealkylation sites (tertiary alicyclic amines) is 1. The largest absolute Gasteiger partial charge is 0.349 e. The summed E-state index contributed by atoms with van der Waals surface area (Å²) >= 11 is 1.53. The first-order chi connectivity index (χ1) is 14.6. The van der Waals surface area contributed by atoms with Gasteiger partial charge in [-0.1, -0.05) is 18.2 Å². The summed E-state index contributed by atoms with van der Waals surface area (Å²) in [4.78, 5) is 35.8. The average Bonchev–Trinajstić information content (AvgIpc) is 3.23. The first kappa shape index (κ1) is 20.2. The fourth-order valence-electron chi connectivity index (χ4n) is 3.64. The molecule has 0 aliphatic carbocycles. The van der Waals surface area contributed by atoms with Crippen LogP contribution in [0.4, 0.5) is 0 Å². The Labute approximate surface area is 180 Å². The van der Waals surface area contributed by atoms with E-state index in [-0.39, 0.29) is 17.9 Å².